The number of rotatable bonds is 4. The molecule has 0 aliphatic heterocycles. The predicted molar refractivity (Wildman–Crippen MR) is 78.4 cm³/mol. The molecule has 0 atom stereocenters. The van der Waals surface area contributed by atoms with Crippen molar-refractivity contribution in [3.05, 3.63) is 48.3 Å². The largest absolute Gasteiger partial charge is 0.326 e. The first-order chi connectivity index (χ1) is 9.83. The summed E-state index contributed by atoms with van der Waals surface area (Å²) in [6.07, 6.45) is 8.08. The van der Waals surface area contributed by atoms with Crippen LogP contribution in [0.25, 0.3) is 0 Å². The van der Waals surface area contributed by atoms with Crippen LogP contribution in [0.2, 0.25) is 0 Å². The molecule has 1 saturated carbocycles. The minimum Gasteiger partial charge on any atom is -0.326 e. The fraction of sp³-hybridized carbons (Fsp3) is 0.375. The van der Waals surface area contributed by atoms with Crippen molar-refractivity contribution in [1.29, 1.82) is 0 Å². The van der Waals surface area contributed by atoms with Gasteiger partial charge in [-0.15, -0.1) is 0 Å². The van der Waals surface area contributed by atoms with E-state index in [1.165, 1.54) is 12.8 Å². The predicted octanol–water partition coefficient (Wildman–Crippen LogP) is 3.06. The first-order valence-electron chi connectivity index (χ1n) is 7.19. The molecule has 1 aromatic carbocycles. The van der Waals surface area contributed by atoms with Gasteiger partial charge in [0.2, 0.25) is 5.91 Å². The van der Waals surface area contributed by atoms with Gasteiger partial charge in [0.25, 0.3) is 0 Å². The van der Waals surface area contributed by atoms with Gasteiger partial charge < -0.3 is 5.32 Å². The lowest BCUT2D eigenvalue weighted by Gasteiger charge is -2.14. The Morgan fingerprint density at radius 1 is 1.25 bits per heavy atom. The Morgan fingerprint density at radius 2 is 2.05 bits per heavy atom. The molecule has 3 rings (SSSR count). The zero-order chi connectivity index (χ0) is 13.8. The third kappa shape index (κ3) is 2.90. The first-order valence-corrected chi connectivity index (χ1v) is 7.19. The summed E-state index contributed by atoms with van der Waals surface area (Å²) < 4.78 is 1.86. The summed E-state index contributed by atoms with van der Waals surface area (Å²) in [5.74, 6) is 0.350. The number of nitrogens with zero attached hydrogens (tertiary/aromatic N) is 2. The van der Waals surface area contributed by atoms with Crippen LogP contribution in [-0.4, -0.2) is 15.7 Å². The third-order valence-electron chi connectivity index (χ3n) is 3.89. The molecular formula is C16H19N3O. The van der Waals surface area contributed by atoms with Crippen molar-refractivity contribution < 1.29 is 4.79 Å². The smallest absolute Gasteiger partial charge is 0.227 e. The molecule has 1 aliphatic carbocycles. The number of amides is 1. The lowest BCUT2D eigenvalue weighted by atomic mass is 10.1. The van der Waals surface area contributed by atoms with Gasteiger partial charge in [0.05, 0.1) is 6.54 Å². The number of carbonyl (C=O) groups excluding carboxylic acids is 1. The van der Waals surface area contributed by atoms with Gasteiger partial charge >= 0.3 is 0 Å². The second kappa shape index (κ2) is 5.90. The summed E-state index contributed by atoms with van der Waals surface area (Å²) in [4.78, 5) is 12.2. The number of para-hydroxylation sites is 1. The fourth-order valence-corrected chi connectivity index (χ4v) is 2.77. The maximum Gasteiger partial charge on any atom is 0.227 e. The van der Waals surface area contributed by atoms with Gasteiger partial charge in [-0.05, 0) is 30.5 Å². The average Bonchev–Trinajstić information content (AvgIpc) is 3.13. The first kappa shape index (κ1) is 12.9. The minimum atomic E-state index is 0.162. The Balaban J connectivity index is 1.73. The van der Waals surface area contributed by atoms with Gasteiger partial charge in [0, 0.05) is 24.0 Å². The van der Waals surface area contributed by atoms with Gasteiger partial charge in [-0.1, -0.05) is 31.0 Å². The third-order valence-corrected chi connectivity index (χ3v) is 3.89. The maximum absolute atomic E-state index is 12.2. The summed E-state index contributed by atoms with van der Waals surface area (Å²) in [5, 5.41) is 7.30. The van der Waals surface area contributed by atoms with E-state index in [9.17, 15) is 4.79 Å². The molecule has 0 bridgehead atoms. The van der Waals surface area contributed by atoms with E-state index in [2.05, 4.69) is 10.4 Å². The Morgan fingerprint density at radius 3 is 2.80 bits per heavy atom. The summed E-state index contributed by atoms with van der Waals surface area (Å²) >= 11 is 0. The molecule has 1 aromatic heterocycles. The molecular weight excluding hydrogens is 250 g/mol. The molecule has 4 nitrogen and oxygen atoms in total. The molecule has 1 amide bonds. The van der Waals surface area contributed by atoms with Gasteiger partial charge in [-0.3, -0.25) is 9.48 Å². The molecule has 0 radical (unpaired) electrons. The molecule has 4 heteroatoms. The number of hydrogen-bond donors (Lipinski definition) is 1. The minimum absolute atomic E-state index is 0.162. The fourth-order valence-electron chi connectivity index (χ4n) is 2.77. The maximum atomic E-state index is 12.2. The quantitative estimate of drug-likeness (QED) is 0.927. The summed E-state index contributed by atoms with van der Waals surface area (Å²) in [5.41, 5.74) is 1.99. The number of benzene rings is 1. The van der Waals surface area contributed by atoms with Gasteiger partial charge in [0.1, 0.15) is 0 Å². The Hall–Kier alpha value is -2.10. The van der Waals surface area contributed by atoms with E-state index in [1.807, 2.05) is 41.2 Å². The second-order valence-electron chi connectivity index (χ2n) is 5.33. The molecule has 0 unspecified atom stereocenters. The SMILES string of the molecule is O=C(Nc1ccccc1Cn1cccn1)C1CCCC1. The van der Waals surface area contributed by atoms with Crippen molar-refractivity contribution in [1.82, 2.24) is 9.78 Å². The van der Waals surface area contributed by atoms with E-state index < -0.39 is 0 Å². The highest BCUT2D eigenvalue weighted by Crippen LogP contribution is 2.26. The topological polar surface area (TPSA) is 46.9 Å². The van der Waals surface area contributed by atoms with Crippen LogP contribution in [0.5, 0.6) is 0 Å². The number of aromatic nitrogens is 2. The zero-order valence-corrected chi connectivity index (χ0v) is 11.5. The monoisotopic (exact) mass is 269 g/mol. The summed E-state index contributed by atoms with van der Waals surface area (Å²) in [7, 11) is 0. The Labute approximate surface area is 118 Å². The number of nitrogens with one attached hydrogen (secondary N) is 1. The van der Waals surface area contributed by atoms with Crippen LogP contribution in [-0.2, 0) is 11.3 Å². The lowest BCUT2D eigenvalue weighted by molar-refractivity contribution is -0.119. The lowest BCUT2D eigenvalue weighted by Crippen LogP contribution is -2.21. The van der Waals surface area contributed by atoms with Crippen molar-refractivity contribution in [3.63, 3.8) is 0 Å². The van der Waals surface area contributed by atoms with E-state index in [4.69, 9.17) is 0 Å². The normalized spacial score (nSPS) is 15.4. The van der Waals surface area contributed by atoms with Crippen molar-refractivity contribution in [2.75, 3.05) is 5.32 Å². The van der Waals surface area contributed by atoms with E-state index in [0.717, 1.165) is 24.1 Å². The molecule has 1 aliphatic rings. The van der Waals surface area contributed by atoms with Crippen LogP contribution >= 0.6 is 0 Å². The van der Waals surface area contributed by atoms with Crippen LogP contribution in [0.1, 0.15) is 31.2 Å². The molecule has 1 fully saturated rings. The molecule has 1 heterocycles. The summed E-state index contributed by atoms with van der Waals surface area (Å²) in [6, 6.07) is 9.85. The Kier molecular flexibility index (Phi) is 3.81. The van der Waals surface area contributed by atoms with Crippen molar-refractivity contribution in [3.8, 4) is 0 Å². The van der Waals surface area contributed by atoms with E-state index in [1.54, 1.807) is 6.20 Å². The van der Waals surface area contributed by atoms with Gasteiger partial charge in [-0.25, -0.2) is 0 Å². The molecule has 0 spiro atoms. The number of anilines is 1. The highest BCUT2D eigenvalue weighted by Gasteiger charge is 2.23. The second-order valence-corrected chi connectivity index (χ2v) is 5.33. The van der Waals surface area contributed by atoms with Crippen LogP contribution in [0, 0.1) is 5.92 Å². The van der Waals surface area contributed by atoms with Crippen LogP contribution in [0.15, 0.2) is 42.7 Å². The molecule has 2 aromatic rings. The van der Waals surface area contributed by atoms with E-state index >= 15 is 0 Å². The molecule has 20 heavy (non-hydrogen) atoms. The van der Waals surface area contributed by atoms with Crippen LogP contribution in [0.4, 0.5) is 5.69 Å². The molecule has 0 saturated heterocycles. The van der Waals surface area contributed by atoms with Crippen LogP contribution in [0.3, 0.4) is 0 Å². The highest BCUT2D eigenvalue weighted by molar-refractivity contribution is 5.93. The Bertz CT molecular complexity index is 571. The molecule has 1 N–H and O–H groups in total. The molecule has 104 valence electrons. The number of hydrogen-bond acceptors (Lipinski definition) is 2. The average molecular weight is 269 g/mol. The van der Waals surface area contributed by atoms with E-state index in [0.29, 0.717) is 6.54 Å². The standard InChI is InChI=1S/C16H19N3O/c20-16(13-6-1-2-7-13)18-15-9-4-3-8-14(15)12-19-11-5-10-17-19/h3-5,8-11,13H,1-2,6-7,12H2,(H,18,20). The summed E-state index contributed by atoms with van der Waals surface area (Å²) in [6.45, 7) is 0.675. The zero-order valence-electron chi connectivity index (χ0n) is 11.5. The van der Waals surface area contributed by atoms with Crippen molar-refractivity contribution in [2.45, 2.75) is 32.2 Å². The highest BCUT2D eigenvalue weighted by atomic mass is 16.1. The number of carbonyl (C=O) groups is 1. The van der Waals surface area contributed by atoms with Crippen molar-refractivity contribution >= 4 is 11.6 Å². The van der Waals surface area contributed by atoms with Gasteiger partial charge in [-0.2, -0.15) is 5.10 Å². The van der Waals surface area contributed by atoms with Gasteiger partial charge in [0.15, 0.2) is 0 Å². The van der Waals surface area contributed by atoms with Crippen LogP contribution < -0.4 is 5.32 Å². The van der Waals surface area contributed by atoms with Crippen molar-refractivity contribution in [2.24, 2.45) is 5.92 Å². The van der Waals surface area contributed by atoms with E-state index in [-0.39, 0.29) is 11.8 Å².